The summed E-state index contributed by atoms with van der Waals surface area (Å²) in [4.78, 5) is 16.4. The summed E-state index contributed by atoms with van der Waals surface area (Å²) < 4.78 is 94.7. The SMILES string of the molecule is Cl.O=C(CCSC1c2ccccc2COc2ccc(C=Cc3ccc4cc(F)c(F)cc4n3)cc21)NS(=O)(=O)C(F)(F)F. The van der Waals surface area contributed by atoms with Crippen molar-refractivity contribution in [2.45, 2.75) is 23.8 Å². The topological polar surface area (TPSA) is 85.4 Å². The van der Waals surface area contributed by atoms with Crippen molar-refractivity contribution in [3.8, 4) is 5.75 Å². The average molecular weight is 657 g/mol. The molecule has 1 aliphatic heterocycles. The summed E-state index contributed by atoms with van der Waals surface area (Å²) in [5.74, 6) is -2.62. The van der Waals surface area contributed by atoms with Gasteiger partial charge in [0.25, 0.3) is 0 Å². The highest BCUT2D eigenvalue weighted by Gasteiger charge is 2.46. The highest BCUT2D eigenvalue weighted by molar-refractivity contribution is 7.99. The molecule has 1 amide bonds. The molecule has 0 bridgehead atoms. The zero-order valence-corrected chi connectivity index (χ0v) is 24.3. The number of sulfonamides is 1. The predicted octanol–water partition coefficient (Wildman–Crippen LogP) is 7.18. The number of hydrogen-bond acceptors (Lipinski definition) is 6. The second-order valence-corrected chi connectivity index (χ2v) is 12.2. The molecule has 1 N–H and O–H groups in total. The maximum absolute atomic E-state index is 13.7. The van der Waals surface area contributed by atoms with E-state index in [4.69, 9.17) is 4.74 Å². The van der Waals surface area contributed by atoms with Gasteiger partial charge in [-0.25, -0.2) is 18.5 Å². The molecule has 3 aromatic carbocycles. The number of benzene rings is 3. The summed E-state index contributed by atoms with van der Waals surface area (Å²) in [5, 5.41) is 0.0761. The fraction of sp³-hybridized carbons (Fsp3) is 0.172. The first kappa shape index (κ1) is 32.2. The van der Waals surface area contributed by atoms with Crippen molar-refractivity contribution in [1.29, 1.82) is 0 Å². The fourth-order valence-electron chi connectivity index (χ4n) is 4.37. The number of thioether (sulfide) groups is 1. The minimum atomic E-state index is -5.78. The van der Waals surface area contributed by atoms with Crippen molar-refractivity contribution < 1.29 is 39.9 Å². The molecule has 0 fully saturated rings. The largest absolute Gasteiger partial charge is 0.516 e. The van der Waals surface area contributed by atoms with Crippen LogP contribution in [0.5, 0.6) is 5.75 Å². The van der Waals surface area contributed by atoms with Crippen LogP contribution in [-0.2, 0) is 21.4 Å². The number of fused-ring (bicyclic) bond motifs is 3. The molecule has 1 aliphatic rings. The van der Waals surface area contributed by atoms with Crippen LogP contribution >= 0.6 is 24.2 Å². The van der Waals surface area contributed by atoms with Crippen LogP contribution in [-0.4, -0.2) is 30.6 Å². The number of ether oxygens (including phenoxy) is 1. The van der Waals surface area contributed by atoms with Crippen LogP contribution < -0.4 is 9.46 Å². The number of carbonyl (C=O) groups is 1. The van der Waals surface area contributed by atoms with Gasteiger partial charge in [-0.2, -0.15) is 21.6 Å². The number of amides is 1. The first-order valence-electron chi connectivity index (χ1n) is 12.4. The highest BCUT2D eigenvalue weighted by Crippen LogP contribution is 2.44. The van der Waals surface area contributed by atoms with Crippen LogP contribution in [0.25, 0.3) is 23.1 Å². The number of rotatable bonds is 7. The van der Waals surface area contributed by atoms with E-state index in [1.54, 1.807) is 30.4 Å². The van der Waals surface area contributed by atoms with Gasteiger partial charge >= 0.3 is 15.5 Å². The Morgan fingerprint density at radius 1 is 1.00 bits per heavy atom. The van der Waals surface area contributed by atoms with E-state index >= 15 is 0 Å². The molecule has 0 saturated heterocycles. The summed E-state index contributed by atoms with van der Waals surface area (Å²) >= 11 is 1.27. The summed E-state index contributed by atoms with van der Waals surface area (Å²) in [7, 11) is -5.78. The first-order valence-corrected chi connectivity index (χ1v) is 15.0. The molecule has 2 heterocycles. The van der Waals surface area contributed by atoms with Gasteiger partial charge in [-0.15, -0.1) is 24.2 Å². The van der Waals surface area contributed by atoms with Crippen molar-refractivity contribution in [3.05, 3.63) is 106 Å². The van der Waals surface area contributed by atoms with Gasteiger partial charge in [0.2, 0.25) is 5.91 Å². The quantitative estimate of drug-likeness (QED) is 0.212. The third kappa shape index (κ3) is 7.28. The van der Waals surface area contributed by atoms with Crippen LogP contribution in [0, 0.1) is 11.6 Å². The molecular weight excluding hydrogens is 635 g/mol. The number of aromatic nitrogens is 1. The van der Waals surface area contributed by atoms with Crippen molar-refractivity contribution in [2.24, 2.45) is 0 Å². The predicted molar refractivity (Wildman–Crippen MR) is 157 cm³/mol. The minimum Gasteiger partial charge on any atom is -0.489 e. The Morgan fingerprint density at radius 3 is 2.51 bits per heavy atom. The minimum absolute atomic E-state index is 0. The Bertz CT molecular complexity index is 1820. The number of carbonyl (C=O) groups excluding carboxylic acids is 1. The van der Waals surface area contributed by atoms with Crippen molar-refractivity contribution in [1.82, 2.24) is 9.71 Å². The molecule has 4 aromatic rings. The highest BCUT2D eigenvalue weighted by atomic mass is 35.5. The van der Waals surface area contributed by atoms with E-state index in [2.05, 4.69) is 4.98 Å². The van der Waals surface area contributed by atoms with Gasteiger partial charge in [-0.05, 0) is 47.0 Å². The van der Waals surface area contributed by atoms with Crippen LogP contribution in [0.1, 0.15) is 39.6 Å². The van der Waals surface area contributed by atoms with Crippen LogP contribution in [0.4, 0.5) is 22.0 Å². The van der Waals surface area contributed by atoms with Gasteiger partial charge in [0.1, 0.15) is 12.4 Å². The van der Waals surface area contributed by atoms with Crippen molar-refractivity contribution in [2.75, 3.05) is 5.75 Å². The second kappa shape index (κ2) is 12.9. The fourth-order valence-corrected chi connectivity index (χ4v) is 6.20. The maximum atomic E-state index is 13.7. The van der Waals surface area contributed by atoms with Crippen molar-refractivity contribution >= 4 is 63.2 Å². The number of hydrogen-bond donors (Lipinski definition) is 1. The van der Waals surface area contributed by atoms with Gasteiger partial charge in [-0.1, -0.05) is 42.5 Å². The zero-order chi connectivity index (χ0) is 30.1. The average Bonchev–Trinajstić information content (AvgIpc) is 3.08. The van der Waals surface area contributed by atoms with Gasteiger partial charge in [0, 0.05) is 29.2 Å². The normalized spacial score (nSPS) is 14.8. The molecule has 1 aromatic heterocycles. The second-order valence-electron chi connectivity index (χ2n) is 9.29. The standard InChI is InChI=1S/C29H21F5N2O4S2.ClH/c30-23-14-18-7-9-20(35-25(18)15-24(23)31)8-5-17-6-10-26-22(13-17)28(21-4-2-1-3-19(21)16-40-26)41-12-11-27(37)36-42(38,39)29(32,33)34;/h1-10,13-15,28H,11-12,16H2,(H,36,37);1H. The Kier molecular flexibility index (Phi) is 9.67. The Labute approximate surface area is 253 Å². The molecule has 43 heavy (non-hydrogen) atoms. The van der Waals surface area contributed by atoms with E-state index in [0.717, 1.165) is 39.1 Å². The van der Waals surface area contributed by atoms with E-state index in [1.165, 1.54) is 11.8 Å². The zero-order valence-electron chi connectivity index (χ0n) is 21.9. The Morgan fingerprint density at radius 2 is 1.74 bits per heavy atom. The molecule has 0 spiro atoms. The lowest BCUT2D eigenvalue weighted by Gasteiger charge is -2.19. The maximum Gasteiger partial charge on any atom is 0.516 e. The summed E-state index contributed by atoms with van der Waals surface area (Å²) in [6, 6.07) is 18.3. The number of alkyl halides is 3. The van der Waals surface area contributed by atoms with Gasteiger partial charge in [0.15, 0.2) is 11.6 Å². The number of pyridine rings is 1. The van der Waals surface area contributed by atoms with Gasteiger partial charge < -0.3 is 4.74 Å². The van der Waals surface area contributed by atoms with Crippen molar-refractivity contribution in [3.63, 3.8) is 0 Å². The van der Waals surface area contributed by atoms with E-state index in [9.17, 15) is 35.2 Å². The molecule has 6 nitrogen and oxygen atoms in total. The Hall–Kier alpha value is -3.68. The molecular formula is C29H22ClF5N2O4S2. The van der Waals surface area contributed by atoms with E-state index in [-0.39, 0.29) is 30.0 Å². The van der Waals surface area contributed by atoms with E-state index < -0.39 is 39.5 Å². The first-order chi connectivity index (χ1) is 19.9. The Balaban J connectivity index is 0.00000423. The number of nitrogens with one attached hydrogen (secondary N) is 1. The lowest BCUT2D eigenvalue weighted by atomic mass is 9.98. The lowest BCUT2D eigenvalue weighted by molar-refractivity contribution is -0.119. The van der Waals surface area contributed by atoms with E-state index in [0.29, 0.717) is 22.3 Å². The smallest absolute Gasteiger partial charge is 0.489 e. The van der Waals surface area contributed by atoms with Crippen LogP contribution in [0.15, 0.2) is 66.7 Å². The van der Waals surface area contributed by atoms with Crippen LogP contribution in [0.2, 0.25) is 0 Å². The molecule has 1 unspecified atom stereocenters. The van der Waals surface area contributed by atoms with Gasteiger partial charge in [-0.3, -0.25) is 4.79 Å². The number of nitrogens with zero attached hydrogens (tertiary/aromatic N) is 1. The molecule has 0 aliphatic carbocycles. The number of halogens is 6. The van der Waals surface area contributed by atoms with Gasteiger partial charge in [0.05, 0.1) is 16.5 Å². The third-order valence-electron chi connectivity index (χ3n) is 6.40. The lowest BCUT2D eigenvalue weighted by Crippen LogP contribution is -2.40. The molecule has 226 valence electrons. The van der Waals surface area contributed by atoms with E-state index in [1.807, 2.05) is 36.4 Å². The molecule has 0 saturated carbocycles. The summed E-state index contributed by atoms with van der Waals surface area (Å²) in [6.07, 6.45) is 3.02. The monoisotopic (exact) mass is 656 g/mol. The summed E-state index contributed by atoms with van der Waals surface area (Å²) in [5.41, 5.74) is -1.51. The summed E-state index contributed by atoms with van der Waals surface area (Å²) in [6.45, 7) is 0.276. The molecule has 14 heteroatoms. The molecule has 0 radical (unpaired) electrons. The third-order valence-corrected chi connectivity index (χ3v) is 8.79. The molecule has 1 atom stereocenters. The van der Waals surface area contributed by atoms with Crippen LogP contribution in [0.3, 0.4) is 0 Å². The molecule has 5 rings (SSSR count).